The van der Waals surface area contributed by atoms with E-state index in [-0.39, 0.29) is 0 Å². The van der Waals surface area contributed by atoms with Crippen molar-refractivity contribution in [2.75, 3.05) is 18.9 Å². The lowest BCUT2D eigenvalue weighted by Crippen LogP contribution is -2.38. The summed E-state index contributed by atoms with van der Waals surface area (Å²) in [6, 6.07) is -1.12. The van der Waals surface area contributed by atoms with Crippen molar-refractivity contribution < 1.29 is 20.4 Å². The predicted molar refractivity (Wildman–Crippen MR) is 43.9 cm³/mol. The van der Waals surface area contributed by atoms with Crippen molar-refractivity contribution in [3.8, 4) is 5.88 Å². The van der Waals surface area contributed by atoms with Gasteiger partial charge in [-0.05, 0) is 12.1 Å². The number of hydrogen-bond donors (Lipinski definition) is 1. The van der Waals surface area contributed by atoms with Gasteiger partial charge in [0.15, 0.2) is 0 Å². The summed E-state index contributed by atoms with van der Waals surface area (Å²) in [5.41, 5.74) is 4.99. The second-order valence-electron chi connectivity index (χ2n) is 1.93. The minimum Gasteiger partial charge on any atom is -0.468 e. The van der Waals surface area contributed by atoms with Gasteiger partial charge in [0.25, 0.3) is 0 Å². The third kappa shape index (κ3) is 1.33. The molecule has 0 atom stereocenters. The van der Waals surface area contributed by atoms with Crippen LogP contribution in [0.5, 0.6) is 5.88 Å². The topological polar surface area (TPSA) is 57.4 Å². The standard InChI is InChI=1S/C8H10N2O2/c9-7-2-1-3-10-8(7)12-6-4-11-5-6/h1-3,6H,4-5,9H2/i1D,2D,3D,4D2,5D2,6D. The number of anilines is 1. The van der Waals surface area contributed by atoms with Crippen molar-refractivity contribution in [1.29, 1.82) is 0 Å². The number of rotatable bonds is 2. The highest BCUT2D eigenvalue weighted by atomic mass is 16.6. The van der Waals surface area contributed by atoms with Crippen molar-refractivity contribution in [2.45, 2.75) is 6.08 Å². The summed E-state index contributed by atoms with van der Waals surface area (Å²) in [5.74, 6) is -0.651. The number of aromatic nitrogens is 1. The number of pyridine rings is 1. The molecule has 12 heavy (non-hydrogen) atoms. The summed E-state index contributed by atoms with van der Waals surface area (Å²) in [6.07, 6.45) is -3.44. The van der Waals surface area contributed by atoms with Crippen LogP contribution in [0, 0.1) is 0 Å². The van der Waals surface area contributed by atoms with E-state index in [9.17, 15) is 0 Å². The minimum absolute atomic E-state index is 0.476. The van der Waals surface area contributed by atoms with E-state index in [4.69, 9.17) is 21.4 Å². The van der Waals surface area contributed by atoms with Crippen LogP contribution in [-0.4, -0.2) is 24.2 Å². The first-order chi connectivity index (χ1) is 8.93. The fourth-order valence-electron chi connectivity index (χ4n) is 0.597. The Labute approximate surface area is 81.5 Å². The van der Waals surface area contributed by atoms with Crippen molar-refractivity contribution in [2.24, 2.45) is 0 Å². The van der Waals surface area contributed by atoms with Gasteiger partial charge in [0.05, 0.1) is 29.8 Å². The molecule has 0 spiro atoms. The molecule has 1 aromatic heterocycles. The Bertz CT molecular complexity index is 564. The molecule has 0 radical (unpaired) electrons. The van der Waals surface area contributed by atoms with Crippen LogP contribution < -0.4 is 10.5 Å². The molecule has 1 aliphatic heterocycles. The number of hydrogen-bond acceptors (Lipinski definition) is 4. The average Bonchev–Trinajstić information content (AvgIpc) is 2.31. The van der Waals surface area contributed by atoms with E-state index < -0.39 is 49.0 Å². The number of nitrogens with two attached hydrogens (primary N) is 1. The molecule has 2 N–H and O–H groups in total. The molecule has 4 nitrogen and oxygen atoms in total. The Morgan fingerprint density at radius 1 is 1.92 bits per heavy atom. The van der Waals surface area contributed by atoms with Crippen LogP contribution in [0.3, 0.4) is 0 Å². The highest BCUT2D eigenvalue weighted by Gasteiger charge is 2.21. The summed E-state index contributed by atoms with van der Waals surface area (Å²) in [4.78, 5) is 3.43. The number of nitrogen functional groups attached to an aromatic ring is 1. The van der Waals surface area contributed by atoms with Crippen LogP contribution in [0.2, 0.25) is 0 Å². The third-order valence-electron chi connectivity index (χ3n) is 1.13. The van der Waals surface area contributed by atoms with Crippen LogP contribution in [0.25, 0.3) is 0 Å². The fraction of sp³-hybridized carbons (Fsp3) is 0.375. The van der Waals surface area contributed by atoms with E-state index in [1.54, 1.807) is 0 Å². The molecule has 0 amide bonds. The maximum Gasteiger partial charge on any atom is 0.237 e. The van der Waals surface area contributed by atoms with Gasteiger partial charge in [-0.3, -0.25) is 0 Å². The first-order valence-electron chi connectivity index (χ1n) is 7.05. The fourth-order valence-corrected chi connectivity index (χ4v) is 0.597. The van der Waals surface area contributed by atoms with E-state index >= 15 is 0 Å². The molecule has 1 aliphatic rings. The average molecular weight is 174 g/mol. The van der Waals surface area contributed by atoms with Gasteiger partial charge >= 0.3 is 0 Å². The summed E-state index contributed by atoms with van der Waals surface area (Å²) < 4.78 is 68.4. The second kappa shape index (κ2) is 2.98. The highest BCUT2D eigenvalue weighted by molar-refractivity contribution is 5.46. The van der Waals surface area contributed by atoms with E-state index in [2.05, 4.69) is 9.72 Å². The molecule has 0 bridgehead atoms. The van der Waals surface area contributed by atoms with E-state index in [0.717, 1.165) is 0 Å². The maximum absolute atomic E-state index is 7.73. The summed E-state index contributed by atoms with van der Waals surface area (Å²) in [6.45, 7) is -5.51. The second-order valence-corrected chi connectivity index (χ2v) is 1.93. The zero-order valence-corrected chi connectivity index (χ0v) is 5.84. The van der Waals surface area contributed by atoms with Crippen LogP contribution in [0.4, 0.5) is 5.69 Å². The molecule has 0 aromatic carbocycles. The first-order valence-corrected chi connectivity index (χ1v) is 3.05. The summed E-state index contributed by atoms with van der Waals surface area (Å²) in [5, 5.41) is 0. The molecule has 0 unspecified atom stereocenters. The SMILES string of the molecule is [2H]c1nc(OC2([2H])C([2H])([2H])OC2([2H])[2H])c(N)c([2H])c1[2H]. The third-order valence-corrected chi connectivity index (χ3v) is 1.13. The molecular formula is C8H10N2O2. The van der Waals surface area contributed by atoms with Crippen molar-refractivity contribution in [3.05, 3.63) is 18.3 Å². The Kier molecular flexibility index (Phi) is 0.647. The lowest BCUT2D eigenvalue weighted by Gasteiger charge is -2.26. The van der Waals surface area contributed by atoms with Gasteiger partial charge in [0, 0.05) is 6.17 Å². The van der Waals surface area contributed by atoms with Gasteiger partial charge in [-0.1, -0.05) is 0 Å². The normalized spacial score (nSPS) is 37.7. The zero-order valence-electron chi connectivity index (χ0n) is 13.8. The molecule has 64 valence electrons. The minimum atomic E-state index is -2.79. The van der Waals surface area contributed by atoms with Crippen LogP contribution >= 0.6 is 0 Å². The zero-order chi connectivity index (χ0) is 15.5. The van der Waals surface area contributed by atoms with E-state index in [1.165, 1.54) is 0 Å². The van der Waals surface area contributed by atoms with Gasteiger partial charge in [-0.25, -0.2) is 4.98 Å². The number of ether oxygens (including phenoxy) is 2. The Morgan fingerprint density at radius 3 is 3.50 bits per heavy atom. The van der Waals surface area contributed by atoms with Crippen LogP contribution in [-0.2, 0) is 4.74 Å². The van der Waals surface area contributed by atoms with Crippen LogP contribution in [0.15, 0.2) is 18.3 Å². The van der Waals surface area contributed by atoms with Gasteiger partial charge in [-0.15, -0.1) is 0 Å². The molecular weight excluding hydrogens is 156 g/mol. The predicted octanol–water partition coefficient (Wildman–Crippen LogP) is 0.441. The maximum atomic E-state index is 7.73. The van der Waals surface area contributed by atoms with E-state index in [1.807, 2.05) is 0 Å². The van der Waals surface area contributed by atoms with Gasteiger partial charge in [0.2, 0.25) is 5.88 Å². The molecule has 1 saturated heterocycles. The monoisotopic (exact) mass is 174 g/mol. The van der Waals surface area contributed by atoms with Crippen LogP contribution in [0.1, 0.15) is 11.0 Å². The molecule has 4 heteroatoms. The van der Waals surface area contributed by atoms with Gasteiger partial charge in [0.1, 0.15) is 6.08 Å². The summed E-state index contributed by atoms with van der Waals surface area (Å²) >= 11 is 0. The smallest absolute Gasteiger partial charge is 0.237 e. The lowest BCUT2D eigenvalue weighted by atomic mass is 10.3. The molecule has 0 aliphatic carbocycles. The van der Waals surface area contributed by atoms with Crippen molar-refractivity contribution in [3.63, 3.8) is 0 Å². The molecule has 0 saturated carbocycles. The molecule has 2 heterocycles. The Morgan fingerprint density at radius 2 is 2.75 bits per heavy atom. The largest absolute Gasteiger partial charge is 0.468 e. The summed E-state index contributed by atoms with van der Waals surface area (Å²) in [7, 11) is 0. The lowest BCUT2D eigenvalue weighted by molar-refractivity contribution is -0.0810. The Hall–Kier alpha value is -1.29. The molecule has 2 rings (SSSR count). The molecule has 1 aromatic rings. The molecule has 1 fully saturated rings. The Balaban J connectivity index is 2.45. The van der Waals surface area contributed by atoms with Gasteiger partial charge in [-0.2, -0.15) is 0 Å². The van der Waals surface area contributed by atoms with Crippen molar-refractivity contribution >= 4 is 5.69 Å². The quantitative estimate of drug-likeness (QED) is 0.707. The van der Waals surface area contributed by atoms with Gasteiger partial charge < -0.3 is 15.2 Å². The first kappa shape index (κ1) is 2.60. The highest BCUT2D eigenvalue weighted by Crippen LogP contribution is 2.19. The number of nitrogens with zero attached hydrogens (tertiary/aromatic N) is 1. The van der Waals surface area contributed by atoms with E-state index in [0.29, 0.717) is 0 Å². The van der Waals surface area contributed by atoms with Crippen molar-refractivity contribution in [1.82, 2.24) is 4.98 Å².